The lowest BCUT2D eigenvalue weighted by Gasteiger charge is -2.35. The molecule has 1 N–H and O–H groups in total. The number of ether oxygens (including phenoxy) is 2. The van der Waals surface area contributed by atoms with Crippen LogP contribution in [-0.4, -0.2) is 54.8 Å². The van der Waals surface area contributed by atoms with Crippen molar-refractivity contribution >= 4 is 10.1 Å². The van der Waals surface area contributed by atoms with E-state index in [2.05, 4.69) is 0 Å². The van der Waals surface area contributed by atoms with Crippen molar-refractivity contribution < 1.29 is 88.3 Å². The van der Waals surface area contributed by atoms with Crippen molar-refractivity contribution in [3.63, 3.8) is 0 Å². The summed E-state index contributed by atoms with van der Waals surface area (Å²) in [6.45, 7) is 0. The molecule has 0 aliphatic carbocycles. The highest BCUT2D eigenvalue weighted by atomic mass is 32.2. The number of rotatable bonds is 8. The maximum absolute atomic E-state index is 12.8. The predicted molar refractivity (Wildman–Crippen MR) is 49.5 cm³/mol. The van der Waals surface area contributed by atoms with Crippen molar-refractivity contribution in [2.45, 2.75) is 41.8 Å². The fourth-order valence-electron chi connectivity index (χ4n) is 0.894. The summed E-state index contributed by atoms with van der Waals surface area (Å²) in [5, 5.41) is -7.40. The molecule has 0 aliphatic heterocycles. The van der Waals surface area contributed by atoms with Crippen molar-refractivity contribution in [2.75, 3.05) is 0 Å². The summed E-state index contributed by atoms with van der Waals surface area (Å²) in [5.41, 5.74) is 0. The Bertz CT molecular complexity index is 679. The fourth-order valence-corrected chi connectivity index (χ4v) is 1.34. The van der Waals surface area contributed by atoms with Crippen LogP contribution in [0.3, 0.4) is 0 Å². The van der Waals surface area contributed by atoms with Crippen LogP contribution < -0.4 is 0 Å². The average Bonchev–Trinajstić information content (AvgIpc) is 2.32. The zero-order chi connectivity index (χ0) is 23.4. The minimum Gasteiger partial charge on any atom is -0.281 e. The number of alkyl halides is 15. The number of hydrogen-bond donors (Lipinski definition) is 1. The largest absolute Gasteiger partial charge is 0.483 e. The standard InChI is InChI=1S/C7HF15O5S/c8-1(9,7(21,22)28(23,24)25)3(13,14)26-5(17,18)6(19,20)27-4(15,16)2(10,11)12/h(H,23,24,25). The number of hydrogen-bond acceptors (Lipinski definition) is 4. The van der Waals surface area contributed by atoms with Gasteiger partial charge < -0.3 is 0 Å². The monoisotopic (exact) mass is 482 g/mol. The van der Waals surface area contributed by atoms with Gasteiger partial charge in [-0.05, 0) is 0 Å². The van der Waals surface area contributed by atoms with Gasteiger partial charge in [0, 0.05) is 0 Å². The van der Waals surface area contributed by atoms with Crippen molar-refractivity contribution in [3.05, 3.63) is 0 Å². The van der Waals surface area contributed by atoms with Gasteiger partial charge in [0.1, 0.15) is 0 Å². The Balaban J connectivity index is 6.03. The van der Waals surface area contributed by atoms with Crippen molar-refractivity contribution in [3.8, 4) is 0 Å². The van der Waals surface area contributed by atoms with Gasteiger partial charge in [0.15, 0.2) is 0 Å². The molecule has 0 aromatic carbocycles. The first-order chi connectivity index (χ1) is 11.7. The van der Waals surface area contributed by atoms with Crippen LogP contribution in [-0.2, 0) is 19.6 Å². The second-order valence-electron chi connectivity index (χ2n) is 4.34. The quantitative estimate of drug-likeness (QED) is 0.418. The second-order valence-corrected chi connectivity index (χ2v) is 5.80. The molecule has 0 aromatic rings. The molecule has 0 aliphatic rings. The third-order valence-electron chi connectivity index (χ3n) is 2.24. The molecule has 0 bridgehead atoms. The van der Waals surface area contributed by atoms with E-state index in [-0.39, 0.29) is 0 Å². The van der Waals surface area contributed by atoms with Crippen LogP contribution in [0.2, 0.25) is 0 Å². The van der Waals surface area contributed by atoms with Gasteiger partial charge in [-0.3, -0.25) is 4.55 Å². The van der Waals surface area contributed by atoms with Gasteiger partial charge >= 0.3 is 51.9 Å². The SMILES string of the molecule is O=S(=O)(O)C(F)(F)C(F)(F)C(F)(F)OC(F)(F)C(F)(F)OC(F)(F)C(F)(F)F. The van der Waals surface area contributed by atoms with E-state index in [1.54, 1.807) is 0 Å². The molecule has 0 heterocycles. The van der Waals surface area contributed by atoms with Crippen LogP contribution in [0, 0.1) is 0 Å². The maximum atomic E-state index is 12.8. The van der Waals surface area contributed by atoms with Crippen molar-refractivity contribution in [1.82, 2.24) is 0 Å². The zero-order valence-corrected chi connectivity index (χ0v) is 12.5. The first-order valence-corrected chi connectivity index (χ1v) is 6.81. The molecule has 0 spiro atoms. The Morgan fingerprint density at radius 3 is 1.07 bits per heavy atom. The highest BCUT2D eigenvalue weighted by Gasteiger charge is 2.82. The predicted octanol–water partition coefficient (Wildman–Crippen LogP) is 4.07. The third kappa shape index (κ3) is 4.50. The summed E-state index contributed by atoms with van der Waals surface area (Å²) >= 11 is 0. The molecule has 21 heteroatoms. The molecule has 0 saturated carbocycles. The highest BCUT2D eigenvalue weighted by Crippen LogP contribution is 2.53. The van der Waals surface area contributed by atoms with E-state index in [9.17, 15) is 74.3 Å². The van der Waals surface area contributed by atoms with E-state index in [0.29, 0.717) is 0 Å². The van der Waals surface area contributed by atoms with Gasteiger partial charge in [-0.25, -0.2) is 9.47 Å². The van der Waals surface area contributed by atoms with Crippen LogP contribution in [0.5, 0.6) is 0 Å². The molecular weight excluding hydrogens is 481 g/mol. The Morgan fingerprint density at radius 2 is 0.821 bits per heavy atom. The molecule has 0 unspecified atom stereocenters. The highest BCUT2D eigenvalue weighted by molar-refractivity contribution is 7.87. The minimum atomic E-state index is -7.79. The van der Waals surface area contributed by atoms with Crippen LogP contribution >= 0.6 is 0 Å². The van der Waals surface area contributed by atoms with Crippen molar-refractivity contribution in [2.24, 2.45) is 0 Å². The topological polar surface area (TPSA) is 72.8 Å². The average molecular weight is 482 g/mol. The summed E-state index contributed by atoms with van der Waals surface area (Å²) in [6, 6.07) is 0. The van der Waals surface area contributed by atoms with E-state index in [0.717, 1.165) is 0 Å². The second kappa shape index (κ2) is 6.65. The molecule has 0 aromatic heterocycles. The lowest BCUT2D eigenvalue weighted by atomic mass is 10.3. The maximum Gasteiger partial charge on any atom is 0.483 e. The van der Waals surface area contributed by atoms with Gasteiger partial charge in [-0.1, -0.05) is 0 Å². The molecule has 5 nitrogen and oxygen atoms in total. The third-order valence-corrected chi connectivity index (χ3v) is 3.14. The van der Waals surface area contributed by atoms with Gasteiger partial charge in [-0.15, -0.1) is 0 Å². The van der Waals surface area contributed by atoms with Gasteiger partial charge in [0.25, 0.3) is 0 Å². The molecule has 0 radical (unpaired) electrons. The molecule has 0 amide bonds. The summed E-state index contributed by atoms with van der Waals surface area (Å²) < 4.78 is 217. The molecule has 28 heavy (non-hydrogen) atoms. The number of halogens is 15. The van der Waals surface area contributed by atoms with Gasteiger partial charge in [-0.2, -0.15) is 74.3 Å². The summed E-state index contributed by atoms with van der Waals surface area (Å²) in [7, 11) is -7.56. The summed E-state index contributed by atoms with van der Waals surface area (Å²) in [4.78, 5) is 0. The van der Waals surface area contributed by atoms with Crippen LogP contribution in [0.1, 0.15) is 0 Å². The Labute approximate surface area is 141 Å². The van der Waals surface area contributed by atoms with E-state index in [4.69, 9.17) is 4.55 Å². The van der Waals surface area contributed by atoms with Gasteiger partial charge in [0.05, 0.1) is 0 Å². The van der Waals surface area contributed by atoms with E-state index >= 15 is 0 Å². The molecule has 0 saturated heterocycles. The summed E-state index contributed by atoms with van der Waals surface area (Å²) in [5.74, 6) is -7.79. The molecule has 0 atom stereocenters. The van der Waals surface area contributed by atoms with Crippen LogP contribution in [0.15, 0.2) is 0 Å². The molecule has 0 rings (SSSR count). The van der Waals surface area contributed by atoms with E-state index < -0.39 is 51.9 Å². The Kier molecular flexibility index (Phi) is 6.36. The first kappa shape index (κ1) is 26.8. The van der Waals surface area contributed by atoms with Gasteiger partial charge in [0.2, 0.25) is 0 Å². The van der Waals surface area contributed by atoms with Crippen LogP contribution in [0.25, 0.3) is 0 Å². The molecule has 0 fully saturated rings. The van der Waals surface area contributed by atoms with E-state index in [1.807, 2.05) is 0 Å². The van der Waals surface area contributed by atoms with Crippen molar-refractivity contribution in [1.29, 1.82) is 0 Å². The normalized spacial score (nSPS) is 16.4. The lowest BCUT2D eigenvalue weighted by molar-refractivity contribution is -0.550. The summed E-state index contributed by atoms with van der Waals surface area (Å²) in [6.07, 6.45) is -37.3. The zero-order valence-electron chi connectivity index (χ0n) is 11.7. The molecule has 170 valence electrons. The Morgan fingerprint density at radius 1 is 0.536 bits per heavy atom. The van der Waals surface area contributed by atoms with E-state index in [1.165, 1.54) is 9.47 Å². The lowest BCUT2D eigenvalue weighted by Crippen LogP contribution is -2.63. The minimum absolute atomic E-state index is 1.25. The van der Waals surface area contributed by atoms with Crippen LogP contribution in [0.4, 0.5) is 65.9 Å². The smallest absolute Gasteiger partial charge is 0.281 e. The fraction of sp³-hybridized carbons (Fsp3) is 1.00. The first-order valence-electron chi connectivity index (χ1n) is 5.37. The molecular formula is C7HF15O5S. The Hall–Kier alpha value is -1.22.